The number of likely N-dealkylation sites (N-methyl/N-ethyl adjacent to an activating group) is 1. The number of nitrogens with one attached hydrogen (secondary N) is 1. The lowest BCUT2D eigenvalue weighted by molar-refractivity contribution is -0.870. The van der Waals surface area contributed by atoms with Crippen molar-refractivity contribution in [3.63, 3.8) is 0 Å². The van der Waals surface area contributed by atoms with E-state index < -0.39 is 26.6 Å². The van der Waals surface area contributed by atoms with E-state index in [0.29, 0.717) is 17.4 Å². The molecule has 0 aromatic heterocycles. The number of nitrogens with zero attached hydrogens (tertiary/aromatic N) is 1. The van der Waals surface area contributed by atoms with E-state index in [2.05, 4.69) is 92.1 Å². The van der Waals surface area contributed by atoms with Gasteiger partial charge in [0.2, 0.25) is 5.91 Å². The Morgan fingerprint density at radius 3 is 1.39 bits per heavy atom. The Hall–Kier alpha value is -2.32. The lowest BCUT2D eigenvalue weighted by Gasteiger charge is -2.29. The van der Waals surface area contributed by atoms with Crippen molar-refractivity contribution in [3.05, 3.63) is 85.1 Å². The Morgan fingerprint density at radius 2 is 0.939 bits per heavy atom. The largest absolute Gasteiger partial charge is 0.756 e. The highest BCUT2D eigenvalue weighted by Gasteiger charge is 2.23. The first kappa shape index (κ1) is 63.7. The van der Waals surface area contributed by atoms with E-state index in [0.717, 1.165) is 77.0 Å². The monoisotopic (exact) mass is 943 g/mol. The number of quaternary nitrogens is 1. The first-order valence-electron chi connectivity index (χ1n) is 26.9. The number of carbonyl (C=O) groups is 1. The minimum absolute atomic E-state index is 0.0111. The standard InChI is InChI=1S/C57H103N2O6P/c1-6-8-10-12-14-16-18-19-20-21-22-23-24-25-26-27-28-29-30-31-32-33-34-35-36-37-38-39-41-43-45-47-49-51-57(61)58-55(54-65-66(62,63)64-53-52-59(3,4)5)56(60)50-48-46-44-42-40-17-15-13-11-9-7-2/h8,10-11,13-14,16,19-20,22-23,40,42,48,50,55-56,60H,6-7,9,12,15,17-18,21,24-39,41,43-47,49,51-54H2,1-5H3,(H-,58,61,62,63)/b10-8-,13-11+,16-14-,20-19-,23-22-,42-40+,50-48+. The summed E-state index contributed by atoms with van der Waals surface area (Å²) < 4.78 is 23.2. The van der Waals surface area contributed by atoms with Gasteiger partial charge in [-0.25, -0.2) is 0 Å². The minimum atomic E-state index is -4.60. The summed E-state index contributed by atoms with van der Waals surface area (Å²) in [6, 6.07) is -0.910. The Kier molecular flexibility index (Phi) is 46.1. The molecule has 3 atom stereocenters. The summed E-state index contributed by atoms with van der Waals surface area (Å²) in [5.74, 6) is -0.214. The molecule has 3 unspecified atom stereocenters. The van der Waals surface area contributed by atoms with Gasteiger partial charge in [0.15, 0.2) is 0 Å². The van der Waals surface area contributed by atoms with Crippen molar-refractivity contribution in [1.29, 1.82) is 0 Å². The molecular weight excluding hydrogens is 840 g/mol. The molecule has 0 aromatic rings. The van der Waals surface area contributed by atoms with Crippen molar-refractivity contribution in [2.24, 2.45) is 0 Å². The fourth-order valence-corrected chi connectivity index (χ4v) is 8.08. The van der Waals surface area contributed by atoms with Crippen LogP contribution in [-0.2, 0) is 18.4 Å². The second kappa shape index (κ2) is 47.7. The highest BCUT2D eigenvalue weighted by atomic mass is 31.2. The van der Waals surface area contributed by atoms with Crippen molar-refractivity contribution in [3.8, 4) is 0 Å². The Labute approximate surface area is 407 Å². The Balaban J connectivity index is 4.01. The van der Waals surface area contributed by atoms with E-state index in [1.807, 2.05) is 27.2 Å². The predicted octanol–water partition coefficient (Wildman–Crippen LogP) is 15.5. The third-order valence-corrected chi connectivity index (χ3v) is 12.5. The van der Waals surface area contributed by atoms with Gasteiger partial charge in [-0.15, -0.1) is 0 Å². The summed E-state index contributed by atoms with van der Waals surface area (Å²) in [5, 5.41) is 13.8. The molecule has 382 valence electrons. The minimum Gasteiger partial charge on any atom is -0.756 e. The Bertz CT molecular complexity index is 1350. The quantitative estimate of drug-likeness (QED) is 0.0272. The van der Waals surface area contributed by atoms with Gasteiger partial charge in [0, 0.05) is 6.42 Å². The molecule has 2 N–H and O–H groups in total. The third kappa shape index (κ3) is 49.6. The molecule has 0 aliphatic carbocycles. The van der Waals surface area contributed by atoms with Gasteiger partial charge in [-0.1, -0.05) is 221 Å². The van der Waals surface area contributed by atoms with Crippen LogP contribution in [0, 0.1) is 0 Å². The molecule has 0 fully saturated rings. The maximum Gasteiger partial charge on any atom is 0.268 e. The average molecular weight is 943 g/mol. The number of hydrogen-bond acceptors (Lipinski definition) is 6. The lowest BCUT2D eigenvalue weighted by Crippen LogP contribution is -2.45. The molecule has 0 heterocycles. The zero-order valence-corrected chi connectivity index (χ0v) is 44.3. The summed E-state index contributed by atoms with van der Waals surface area (Å²) in [7, 11) is 1.23. The van der Waals surface area contributed by atoms with Gasteiger partial charge in [0.05, 0.1) is 39.9 Å². The van der Waals surface area contributed by atoms with Gasteiger partial charge < -0.3 is 28.8 Å². The topological polar surface area (TPSA) is 108 Å². The van der Waals surface area contributed by atoms with E-state index in [4.69, 9.17) is 9.05 Å². The van der Waals surface area contributed by atoms with Gasteiger partial charge >= 0.3 is 0 Å². The fourth-order valence-electron chi connectivity index (χ4n) is 7.36. The lowest BCUT2D eigenvalue weighted by atomic mass is 10.0. The van der Waals surface area contributed by atoms with Crippen LogP contribution in [0.25, 0.3) is 0 Å². The van der Waals surface area contributed by atoms with Crippen molar-refractivity contribution in [1.82, 2.24) is 5.32 Å². The van der Waals surface area contributed by atoms with Crippen LogP contribution in [0.15, 0.2) is 85.1 Å². The van der Waals surface area contributed by atoms with Crippen molar-refractivity contribution < 1.29 is 32.9 Å². The van der Waals surface area contributed by atoms with Crippen LogP contribution < -0.4 is 10.2 Å². The number of carbonyl (C=O) groups excluding carboxylic acids is 1. The van der Waals surface area contributed by atoms with E-state index in [9.17, 15) is 19.4 Å². The molecule has 8 nitrogen and oxygen atoms in total. The molecule has 0 saturated heterocycles. The van der Waals surface area contributed by atoms with Gasteiger partial charge in [0.25, 0.3) is 7.82 Å². The SMILES string of the molecule is CC/C=C\C/C=C\C/C=C\C/C=C\CCCCCCCCCCCCCCCCCCCCCCC(=O)NC(COP(=O)([O-])OCC[N+](C)(C)C)C(O)/C=C/CC/C=C/CC/C=C/CCC. The number of rotatable bonds is 48. The highest BCUT2D eigenvalue weighted by molar-refractivity contribution is 7.45. The molecule has 0 spiro atoms. The second-order valence-electron chi connectivity index (χ2n) is 19.2. The molecular formula is C57H103N2O6P. The third-order valence-electron chi connectivity index (χ3n) is 11.5. The molecule has 0 rings (SSSR count). The van der Waals surface area contributed by atoms with Crippen LogP contribution in [0.4, 0.5) is 0 Å². The van der Waals surface area contributed by atoms with Crippen LogP contribution in [0.2, 0.25) is 0 Å². The van der Waals surface area contributed by atoms with E-state index in [1.165, 1.54) is 122 Å². The summed E-state index contributed by atoms with van der Waals surface area (Å²) in [5.41, 5.74) is 0. The summed E-state index contributed by atoms with van der Waals surface area (Å²) >= 11 is 0. The molecule has 66 heavy (non-hydrogen) atoms. The van der Waals surface area contributed by atoms with Gasteiger partial charge in [-0.05, 0) is 77.0 Å². The predicted molar refractivity (Wildman–Crippen MR) is 283 cm³/mol. The normalized spacial score (nSPS) is 14.7. The molecule has 1 amide bonds. The first-order valence-corrected chi connectivity index (χ1v) is 28.4. The first-order chi connectivity index (χ1) is 32.0. The highest BCUT2D eigenvalue weighted by Crippen LogP contribution is 2.38. The maximum absolute atomic E-state index is 12.9. The van der Waals surface area contributed by atoms with Crippen molar-refractivity contribution in [2.45, 2.75) is 231 Å². The number of phosphoric ester groups is 1. The number of allylic oxidation sites excluding steroid dienone is 13. The zero-order valence-electron chi connectivity index (χ0n) is 43.4. The smallest absolute Gasteiger partial charge is 0.268 e. The number of hydrogen-bond donors (Lipinski definition) is 2. The van der Waals surface area contributed by atoms with Gasteiger partial charge in [-0.2, -0.15) is 0 Å². The summed E-state index contributed by atoms with van der Waals surface area (Å²) in [6.45, 7) is 4.42. The molecule has 0 aromatic carbocycles. The Morgan fingerprint density at radius 1 is 0.545 bits per heavy atom. The number of aliphatic hydroxyl groups excluding tert-OH is 1. The van der Waals surface area contributed by atoms with E-state index in [-0.39, 0.29) is 12.5 Å². The average Bonchev–Trinajstić information content (AvgIpc) is 3.28. The maximum atomic E-state index is 12.9. The second-order valence-corrected chi connectivity index (χ2v) is 20.6. The van der Waals surface area contributed by atoms with Gasteiger partial charge in [-0.3, -0.25) is 9.36 Å². The molecule has 0 radical (unpaired) electrons. The van der Waals surface area contributed by atoms with Crippen LogP contribution in [-0.4, -0.2) is 68.5 Å². The van der Waals surface area contributed by atoms with Crippen LogP contribution in [0.5, 0.6) is 0 Å². The fraction of sp³-hybridized carbons (Fsp3) is 0.737. The molecule has 0 aliphatic rings. The van der Waals surface area contributed by atoms with Crippen LogP contribution >= 0.6 is 7.82 Å². The number of phosphoric acid groups is 1. The summed E-state index contributed by atoms with van der Waals surface area (Å²) in [6.07, 6.45) is 66.8. The molecule has 0 saturated carbocycles. The number of aliphatic hydroxyl groups is 1. The van der Waals surface area contributed by atoms with Gasteiger partial charge in [0.1, 0.15) is 13.2 Å². The molecule has 0 bridgehead atoms. The molecule has 0 aliphatic heterocycles. The number of amides is 1. The van der Waals surface area contributed by atoms with Crippen molar-refractivity contribution in [2.75, 3.05) is 40.9 Å². The summed E-state index contributed by atoms with van der Waals surface area (Å²) in [4.78, 5) is 25.4. The van der Waals surface area contributed by atoms with E-state index >= 15 is 0 Å². The van der Waals surface area contributed by atoms with Crippen LogP contribution in [0.3, 0.4) is 0 Å². The van der Waals surface area contributed by atoms with E-state index in [1.54, 1.807) is 6.08 Å². The van der Waals surface area contributed by atoms with Crippen molar-refractivity contribution >= 4 is 13.7 Å². The number of unbranched alkanes of at least 4 members (excludes halogenated alkanes) is 23. The molecule has 9 heteroatoms. The zero-order chi connectivity index (χ0) is 48.5. The van der Waals surface area contributed by atoms with Crippen LogP contribution in [0.1, 0.15) is 219 Å².